The van der Waals surface area contributed by atoms with Crippen LogP contribution in [-0.4, -0.2) is 22.6 Å². The smallest absolute Gasteiger partial charge is 0.285 e. The molecule has 0 spiro atoms. The zero-order valence-electron chi connectivity index (χ0n) is 7.87. The van der Waals surface area contributed by atoms with E-state index in [0.717, 1.165) is 24.2 Å². The van der Waals surface area contributed by atoms with Crippen LogP contribution in [0.4, 0.5) is 0 Å². The van der Waals surface area contributed by atoms with Crippen molar-refractivity contribution in [3.8, 4) is 0 Å². The molecule has 0 aliphatic carbocycles. The van der Waals surface area contributed by atoms with Crippen molar-refractivity contribution in [1.29, 1.82) is 0 Å². The number of nitrogens with one attached hydrogen (secondary N) is 3. The van der Waals surface area contributed by atoms with Crippen LogP contribution < -0.4 is 16.6 Å². The van der Waals surface area contributed by atoms with Gasteiger partial charge in [0.2, 0.25) is 0 Å². The van der Waals surface area contributed by atoms with Crippen molar-refractivity contribution in [2.75, 3.05) is 6.54 Å². The largest absolute Gasteiger partial charge is 0.312 e. The fraction of sp³-hybridized carbons (Fsp3) is 0.429. The first kappa shape index (κ1) is 14.2. The Labute approximate surface area is 99.2 Å². The SMILES string of the molecule is Cl.Cl.NNC(=O)c1n[nH]c2c1CNCC2. The molecule has 0 atom stereocenters. The molecule has 2 rings (SSSR count). The van der Waals surface area contributed by atoms with E-state index in [4.69, 9.17) is 5.84 Å². The second kappa shape index (κ2) is 5.92. The van der Waals surface area contributed by atoms with Crippen LogP contribution in [0.2, 0.25) is 0 Å². The number of hydrogen-bond donors (Lipinski definition) is 4. The number of fused-ring (bicyclic) bond motifs is 1. The topological polar surface area (TPSA) is 95.8 Å². The van der Waals surface area contributed by atoms with Gasteiger partial charge in [0.25, 0.3) is 5.91 Å². The number of aromatic amines is 1. The van der Waals surface area contributed by atoms with Gasteiger partial charge in [0, 0.05) is 30.8 Å². The van der Waals surface area contributed by atoms with Gasteiger partial charge in [-0.05, 0) is 0 Å². The number of aromatic nitrogens is 2. The van der Waals surface area contributed by atoms with Crippen LogP contribution in [0.1, 0.15) is 21.7 Å². The third-order valence-corrected chi connectivity index (χ3v) is 2.15. The number of hydrazine groups is 1. The van der Waals surface area contributed by atoms with E-state index in [2.05, 4.69) is 20.9 Å². The zero-order valence-corrected chi connectivity index (χ0v) is 9.50. The number of nitrogens with two attached hydrogens (primary N) is 1. The minimum atomic E-state index is -0.346. The Morgan fingerprint density at radius 3 is 2.87 bits per heavy atom. The van der Waals surface area contributed by atoms with E-state index in [1.54, 1.807) is 0 Å². The number of rotatable bonds is 1. The van der Waals surface area contributed by atoms with Crippen molar-refractivity contribution >= 4 is 30.7 Å². The molecule has 5 N–H and O–H groups in total. The molecule has 6 nitrogen and oxygen atoms in total. The van der Waals surface area contributed by atoms with Crippen LogP contribution in [0.25, 0.3) is 0 Å². The van der Waals surface area contributed by atoms with Gasteiger partial charge in [0.05, 0.1) is 0 Å². The molecule has 0 saturated heterocycles. The number of carbonyl (C=O) groups excluding carboxylic acids is 1. The predicted molar refractivity (Wildman–Crippen MR) is 60.1 cm³/mol. The number of amides is 1. The standard InChI is InChI=1S/C7H11N5O.2ClH/c8-10-7(13)6-4-3-9-2-1-5(4)11-12-6;;/h9H,1-3,8H2,(H,10,13)(H,11,12);2*1H. The quantitative estimate of drug-likeness (QED) is 0.309. The van der Waals surface area contributed by atoms with Crippen molar-refractivity contribution in [3.05, 3.63) is 17.0 Å². The van der Waals surface area contributed by atoms with Crippen molar-refractivity contribution in [2.45, 2.75) is 13.0 Å². The number of nitrogen functional groups attached to an aromatic ring is 1. The molecule has 0 saturated carbocycles. The third-order valence-electron chi connectivity index (χ3n) is 2.15. The lowest BCUT2D eigenvalue weighted by Gasteiger charge is -2.12. The second-order valence-corrected chi connectivity index (χ2v) is 2.93. The number of nitrogens with zero attached hydrogens (tertiary/aromatic N) is 1. The summed E-state index contributed by atoms with van der Waals surface area (Å²) >= 11 is 0. The number of halogens is 2. The molecule has 1 aliphatic heterocycles. The summed E-state index contributed by atoms with van der Waals surface area (Å²) in [6.07, 6.45) is 0.875. The van der Waals surface area contributed by atoms with E-state index in [0.29, 0.717) is 12.2 Å². The van der Waals surface area contributed by atoms with E-state index < -0.39 is 0 Å². The molecule has 1 aromatic rings. The van der Waals surface area contributed by atoms with Gasteiger partial charge in [-0.25, -0.2) is 5.84 Å². The molecular formula is C7H13Cl2N5O. The van der Waals surface area contributed by atoms with Crippen LogP contribution >= 0.6 is 24.8 Å². The summed E-state index contributed by atoms with van der Waals surface area (Å²) in [6.45, 7) is 1.59. The Morgan fingerprint density at radius 1 is 1.47 bits per heavy atom. The molecule has 1 aromatic heterocycles. The van der Waals surface area contributed by atoms with Crippen LogP contribution in [0, 0.1) is 0 Å². The Hall–Kier alpha value is -0.820. The zero-order chi connectivity index (χ0) is 9.26. The Morgan fingerprint density at radius 2 is 2.20 bits per heavy atom. The highest BCUT2D eigenvalue weighted by atomic mass is 35.5. The number of H-pyrrole nitrogens is 1. The molecule has 1 aliphatic rings. The van der Waals surface area contributed by atoms with Gasteiger partial charge < -0.3 is 5.32 Å². The maximum absolute atomic E-state index is 11.2. The highest BCUT2D eigenvalue weighted by Gasteiger charge is 2.20. The summed E-state index contributed by atoms with van der Waals surface area (Å²) in [4.78, 5) is 11.2. The van der Waals surface area contributed by atoms with Crippen LogP contribution in [0.3, 0.4) is 0 Å². The Balaban J connectivity index is 0.000000980. The first-order valence-corrected chi connectivity index (χ1v) is 4.10. The van der Waals surface area contributed by atoms with Crippen molar-refractivity contribution in [1.82, 2.24) is 20.9 Å². The molecule has 15 heavy (non-hydrogen) atoms. The van der Waals surface area contributed by atoms with Gasteiger partial charge in [-0.3, -0.25) is 15.3 Å². The maximum atomic E-state index is 11.2. The van der Waals surface area contributed by atoms with E-state index >= 15 is 0 Å². The van der Waals surface area contributed by atoms with Gasteiger partial charge >= 0.3 is 0 Å². The molecule has 0 unspecified atom stereocenters. The maximum Gasteiger partial charge on any atom is 0.285 e. The first-order chi connectivity index (χ1) is 6.33. The lowest BCUT2D eigenvalue weighted by molar-refractivity contribution is 0.0947. The summed E-state index contributed by atoms with van der Waals surface area (Å²) in [5.41, 5.74) is 4.41. The lowest BCUT2D eigenvalue weighted by atomic mass is 10.1. The monoisotopic (exact) mass is 253 g/mol. The summed E-state index contributed by atoms with van der Waals surface area (Å²) in [7, 11) is 0. The molecule has 0 fully saturated rings. The highest BCUT2D eigenvalue weighted by Crippen LogP contribution is 2.14. The van der Waals surface area contributed by atoms with Gasteiger partial charge in [-0.15, -0.1) is 24.8 Å². The molecule has 0 aromatic carbocycles. The Kier molecular flexibility index (Phi) is 5.59. The van der Waals surface area contributed by atoms with E-state index in [9.17, 15) is 4.79 Å². The molecule has 86 valence electrons. The summed E-state index contributed by atoms with van der Waals surface area (Å²) in [5.74, 6) is 4.68. The van der Waals surface area contributed by atoms with Crippen molar-refractivity contribution in [2.24, 2.45) is 5.84 Å². The van der Waals surface area contributed by atoms with Crippen LogP contribution in [0.15, 0.2) is 0 Å². The second-order valence-electron chi connectivity index (χ2n) is 2.93. The van der Waals surface area contributed by atoms with Crippen molar-refractivity contribution in [3.63, 3.8) is 0 Å². The number of hydrogen-bond acceptors (Lipinski definition) is 4. The Bertz CT molecular complexity index is 340. The van der Waals surface area contributed by atoms with Gasteiger partial charge in [-0.1, -0.05) is 0 Å². The van der Waals surface area contributed by atoms with Crippen LogP contribution in [-0.2, 0) is 13.0 Å². The predicted octanol–water partition coefficient (Wildman–Crippen LogP) is -0.498. The third kappa shape index (κ3) is 2.60. The summed E-state index contributed by atoms with van der Waals surface area (Å²) in [5, 5.41) is 9.91. The first-order valence-electron chi connectivity index (χ1n) is 4.10. The average Bonchev–Trinajstić information content (AvgIpc) is 2.60. The molecule has 0 bridgehead atoms. The van der Waals surface area contributed by atoms with E-state index in [-0.39, 0.29) is 30.7 Å². The summed E-state index contributed by atoms with van der Waals surface area (Å²) in [6, 6.07) is 0. The van der Waals surface area contributed by atoms with E-state index in [1.807, 2.05) is 0 Å². The van der Waals surface area contributed by atoms with Gasteiger partial charge in [-0.2, -0.15) is 5.10 Å². The molecular weight excluding hydrogens is 241 g/mol. The van der Waals surface area contributed by atoms with Crippen LogP contribution in [0.5, 0.6) is 0 Å². The fourth-order valence-corrected chi connectivity index (χ4v) is 1.48. The van der Waals surface area contributed by atoms with Gasteiger partial charge in [0.1, 0.15) is 0 Å². The van der Waals surface area contributed by atoms with Crippen molar-refractivity contribution < 1.29 is 4.79 Å². The molecule has 0 radical (unpaired) electrons. The minimum absolute atomic E-state index is 0. The molecule has 1 amide bonds. The summed E-state index contributed by atoms with van der Waals surface area (Å²) < 4.78 is 0. The lowest BCUT2D eigenvalue weighted by Crippen LogP contribution is -2.32. The molecule has 2 heterocycles. The van der Waals surface area contributed by atoms with Gasteiger partial charge in [0.15, 0.2) is 5.69 Å². The highest BCUT2D eigenvalue weighted by molar-refractivity contribution is 5.93. The molecule has 8 heteroatoms. The van der Waals surface area contributed by atoms with E-state index in [1.165, 1.54) is 0 Å². The fourth-order valence-electron chi connectivity index (χ4n) is 1.48. The normalized spacial score (nSPS) is 13.1. The number of carbonyl (C=O) groups is 1. The minimum Gasteiger partial charge on any atom is -0.312 e. The average molecular weight is 254 g/mol.